The van der Waals surface area contributed by atoms with E-state index in [1.165, 1.54) is 10.4 Å². The Bertz CT molecular complexity index is 581. The number of nitrogens with zero attached hydrogens (tertiary/aromatic N) is 2. The van der Waals surface area contributed by atoms with Gasteiger partial charge in [-0.25, -0.2) is 12.8 Å². The maximum absolute atomic E-state index is 13.3. The molecule has 0 bridgehead atoms. The van der Waals surface area contributed by atoms with E-state index in [1.807, 2.05) is 0 Å². The van der Waals surface area contributed by atoms with Crippen LogP contribution in [0.2, 0.25) is 0 Å². The molecule has 5 nitrogen and oxygen atoms in total. The Morgan fingerprint density at radius 2 is 1.80 bits per heavy atom. The summed E-state index contributed by atoms with van der Waals surface area (Å²) in [6.07, 6.45) is 0. The van der Waals surface area contributed by atoms with E-state index in [0.717, 1.165) is 12.1 Å². The molecular formula is C13H20FN3O2S. The number of nitrogen functional groups attached to an aromatic ring is 1. The summed E-state index contributed by atoms with van der Waals surface area (Å²) >= 11 is 0. The molecular weight excluding hydrogens is 281 g/mol. The van der Waals surface area contributed by atoms with E-state index in [2.05, 4.69) is 18.7 Å². The van der Waals surface area contributed by atoms with Crippen LogP contribution in [0.1, 0.15) is 13.8 Å². The van der Waals surface area contributed by atoms with Crippen molar-refractivity contribution in [1.29, 1.82) is 0 Å². The third-order valence-corrected chi connectivity index (χ3v) is 5.55. The molecule has 0 unspecified atom stereocenters. The molecule has 0 atom stereocenters. The fourth-order valence-corrected chi connectivity index (χ4v) is 3.88. The summed E-state index contributed by atoms with van der Waals surface area (Å²) in [5.41, 5.74) is 5.76. The van der Waals surface area contributed by atoms with Gasteiger partial charge in [0.15, 0.2) is 0 Å². The lowest BCUT2D eigenvalue weighted by Gasteiger charge is -2.36. The number of halogens is 1. The molecule has 20 heavy (non-hydrogen) atoms. The van der Waals surface area contributed by atoms with Crippen molar-refractivity contribution in [2.75, 3.05) is 31.9 Å². The molecule has 0 radical (unpaired) electrons. The molecule has 2 rings (SSSR count). The van der Waals surface area contributed by atoms with Crippen LogP contribution in [0.3, 0.4) is 0 Å². The van der Waals surface area contributed by atoms with Gasteiger partial charge in [-0.3, -0.25) is 4.90 Å². The van der Waals surface area contributed by atoms with Crippen molar-refractivity contribution in [1.82, 2.24) is 9.21 Å². The van der Waals surface area contributed by atoms with Crippen molar-refractivity contribution in [2.24, 2.45) is 0 Å². The molecule has 0 amide bonds. The summed E-state index contributed by atoms with van der Waals surface area (Å²) in [4.78, 5) is 2.07. The smallest absolute Gasteiger partial charge is 0.245 e. The van der Waals surface area contributed by atoms with Crippen LogP contribution in [-0.4, -0.2) is 49.8 Å². The summed E-state index contributed by atoms with van der Waals surface area (Å²) in [5, 5.41) is 0. The highest BCUT2D eigenvalue weighted by atomic mass is 32.2. The van der Waals surface area contributed by atoms with Crippen molar-refractivity contribution in [3.05, 3.63) is 24.0 Å². The highest BCUT2D eigenvalue weighted by molar-refractivity contribution is 7.89. The largest absolute Gasteiger partial charge is 0.398 e. The van der Waals surface area contributed by atoms with E-state index in [-0.39, 0.29) is 10.6 Å². The second-order valence-electron chi connectivity index (χ2n) is 5.22. The number of nitrogens with two attached hydrogens (primary N) is 1. The number of anilines is 1. The fourth-order valence-electron chi connectivity index (χ4n) is 2.33. The normalized spacial score (nSPS) is 18.6. The van der Waals surface area contributed by atoms with Crippen LogP contribution in [0.4, 0.5) is 10.1 Å². The van der Waals surface area contributed by atoms with Gasteiger partial charge >= 0.3 is 0 Å². The first-order valence-electron chi connectivity index (χ1n) is 6.61. The van der Waals surface area contributed by atoms with Gasteiger partial charge in [-0.15, -0.1) is 0 Å². The number of benzene rings is 1. The zero-order chi connectivity index (χ0) is 14.9. The molecule has 1 aliphatic heterocycles. The van der Waals surface area contributed by atoms with Gasteiger partial charge in [0.05, 0.1) is 5.69 Å². The lowest BCUT2D eigenvalue weighted by Crippen LogP contribution is -2.50. The average molecular weight is 301 g/mol. The lowest BCUT2D eigenvalue weighted by atomic mass is 10.3. The Morgan fingerprint density at radius 3 is 2.35 bits per heavy atom. The number of hydrogen-bond donors (Lipinski definition) is 1. The van der Waals surface area contributed by atoms with Crippen LogP contribution in [0.5, 0.6) is 0 Å². The molecule has 112 valence electrons. The van der Waals surface area contributed by atoms with Crippen molar-refractivity contribution in [3.63, 3.8) is 0 Å². The predicted octanol–water partition coefficient (Wildman–Crippen LogP) is 1.12. The molecule has 1 fully saturated rings. The van der Waals surface area contributed by atoms with Crippen LogP contribution >= 0.6 is 0 Å². The minimum Gasteiger partial charge on any atom is -0.398 e. The second-order valence-corrected chi connectivity index (χ2v) is 7.12. The molecule has 1 aliphatic rings. The van der Waals surface area contributed by atoms with Crippen LogP contribution in [0.15, 0.2) is 23.1 Å². The highest BCUT2D eigenvalue weighted by Gasteiger charge is 2.30. The van der Waals surface area contributed by atoms with E-state index in [1.54, 1.807) is 0 Å². The molecule has 0 aromatic heterocycles. The van der Waals surface area contributed by atoms with E-state index in [4.69, 9.17) is 5.73 Å². The zero-order valence-corrected chi connectivity index (χ0v) is 12.5. The number of piperazine rings is 1. The summed E-state index contributed by atoms with van der Waals surface area (Å²) in [6, 6.07) is 3.82. The molecule has 1 heterocycles. The first kappa shape index (κ1) is 15.2. The summed E-state index contributed by atoms with van der Waals surface area (Å²) < 4.78 is 39.6. The first-order chi connectivity index (χ1) is 9.32. The van der Waals surface area contributed by atoms with Crippen molar-refractivity contribution in [2.45, 2.75) is 24.8 Å². The van der Waals surface area contributed by atoms with Crippen LogP contribution < -0.4 is 5.73 Å². The van der Waals surface area contributed by atoms with Gasteiger partial charge in [0, 0.05) is 32.2 Å². The minimum atomic E-state index is -3.72. The van der Waals surface area contributed by atoms with Gasteiger partial charge in [-0.05, 0) is 32.0 Å². The van der Waals surface area contributed by atoms with Crippen LogP contribution in [0, 0.1) is 5.82 Å². The van der Waals surface area contributed by atoms with Gasteiger partial charge < -0.3 is 5.73 Å². The van der Waals surface area contributed by atoms with Crippen molar-refractivity contribution >= 4 is 15.7 Å². The number of hydrogen-bond acceptors (Lipinski definition) is 4. The van der Waals surface area contributed by atoms with E-state index < -0.39 is 15.8 Å². The van der Waals surface area contributed by atoms with E-state index >= 15 is 0 Å². The quantitative estimate of drug-likeness (QED) is 0.850. The van der Waals surface area contributed by atoms with E-state index in [0.29, 0.717) is 32.2 Å². The Hall–Kier alpha value is -1.18. The van der Waals surface area contributed by atoms with Gasteiger partial charge in [0.25, 0.3) is 0 Å². The SMILES string of the molecule is CC(C)N1CCN(S(=O)(=O)c2cc(F)ccc2N)CC1. The average Bonchev–Trinajstić information content (AvgIpc) is 2.41. The number of rotatable bonds is 3. The molecule has 2 N–H and O–H groups in total. The van der Waals surface area contributed by atoms with Crippen molar-refractivity contribution in [3.8, 4) is 0 Å². The van der Waals surface area contributed by atoms with Gasteiger partial charge in [0.2, 0.25) is 10.0 Å². The van der Waals surface area contributed by atoms with Gasteiger partial charge in [0.1, 0.15) is 10.7 Å². The second kappa shape index (κ2) is 5.67. The monoisotopic (exact) mass is 301 g/mol. The highest BCUT2D eigenvalue weighted by Crippen LogP contribution is 2.24. The van der Waals surface area contributed by atoms with Crippen LogP contribution in [-0.2, 0) is 10.0 Å². The minimum absolute atomic E-state index is 0.0812. The maximum atomic E-state index is 13.3. The Balaban J connectivity index is 2.22. The van der Waals surface area contributed by atoms with Crippen LogP contribution in [0.25, 0.3) is 0 Å². The lowest BCUT2D eigenvalue weighted by molar-refractivity contribution is 0.154. The third-order valence-electron chi connectivity index (χ3n) is 3.60. The third kappa shape index (κ3) is 2.94. The standard InChI is InChI=1S/C13H20FN3O2S/c1-10(2)16-5-7-17(8-6-16)20(18,19)13-9-11(14)3-4-12(13)15/h3-4,9-10H,5-8,15H2,1-2H3. The Kier molecular flexibility index (Phi) is 4.31. The van der Waals surface area contributed by atoms with Gasteiger partial charge in [-0.2, -0.15) is 4.31 Å². The summed E-state index contributed by atoms with van der Waals surface area (Å²) in [5.74, 6) is -0.599. The van der Waals surface area contributed by atoms with E-state index in [9.17, 15) is 12.8 Å². The molecule has 0 spiro atoms. The predicted molar refractivity (Wildman–Crippen MR) is 76.3 cm³/mol. The topological polar surface area (TPSA) is 66.6 Å². The zero-order valence-electron chi connectivity index (χ0n) is 11.7. The Morgan fingerprint density at radius 1 is 1.20 bits per heavy atom. The fraction of sp³-hybridized carbons (Fsp3) is 0.538. The molecule has 1 saturated heterocycles. The summed E-state index contributed by atoms with van der Waals surface area (Å²) in [7, 11) is -3.72. The molecule has 1 aromatic rings. The molecule has 7 heteroatoms. The molecule has 1 aromatic carbocycles. The van der Waals surface area contributed by atoms with Crippen molar-refractivity contribution < 1.29 is 12.8 Å². The molecule has 0 saturated carbocycles. The maximum Gasteiger partial charge on any atom is 0.245 e. The first-order valence-corrected chi connectivity index (χ1v) is 8.05. The van der Waals surface area contributed by atoms with Gasteiger partial charge in [-0.1, -0.05) is 0 Å². The molecule has 0 aliphatic carbocycles. The number of sulfonamides is 1. The Labute approximate surface area is 119 Å². The summed E-state index contributed by atoms with van der Waals surface area (Å²) in [6.45, 7) is 6.30.